The Hall–Kier alpha value is -1.81. The molecule has 1 heterocycles. The van der Waals surface area contributed by atoms with Crippen LogP contribution in [-0.2, 0) is 11.2 Å². The molecule has 1 aliphatic rings. The van der Waals surface area contributed by atoms with E-state index in [9.17, 15) is 4.79 Å². The fourth-order valence-electron chi connectivity index (χ4n) is 2.25. The summed E-state index contributed by atoms with van der Waals surface area (Å²) in [6.07, 6.45) is 2.62. The summed E-state index contributed by atoms with van der Waals surface area (Å²) in [5.74, 6) is 0. The van der Waals surface area contributed by atoms with Gasteiger partial charge in [-0.3, -0.25) is 0 Å². The fourth-order valence-corrected chi connectivity index (χ4v) is 2.25. The normalized spacial score (nSPS) is 20.2. The maximum atomic E-state index is 12.1. The maximum absolute atomic E-state index is 12.1. The molecule has 0 saturated carbocycles. The lowest BCUT2D eigenvalue weighted by molar-refractivity contribution is -0.0134. The third-order valence-electron chi connectivity index (χ3n) is 3.44. The first-order valence-electron chi connectivity index (χ1n) is 7.02. The predicted molar refractivity (Wildman–Crippen MR) is 79.6 cm³/mol. The van der Waals surface area contributed by atoms with Crippen LogP contribution in [0.25, 0.3) is 0 Å². The number of benzene rings is 1. The number of nitrogens with one attached hydrogen (secondary N) is 1. The van der Waals surface area contributed by atoms with Gasteiger partial charge in [-0.2, -0.15) is 0 Å². The summed E-state index contributed by atoms with van der Waals surface area (Å²) in [6, 6.07) is 10.2. The Labute approximate surface area is 120 Å². The van der Waals surface area contributed by atoms with Gasteiger partial charge in [-0.05, 0) is 12.5 Å². The average molecular weight is 274 g/mol. The summed E-state index contributed by atoms with van der Waals surface area (Å²) >= 11 is 0. The molecule has 1 fully saturated rings. The summed E-state index contributed by atoms with van der Waals surface area (Å²) < 4.78 is 5.75. The highest BCUT2D eigenvalue weighted by atomic mass is 16.5. The van der Waals surface area contributed by atoms with Crippen molar-refractivity contribution in [3.05, 3.63) is 48.6 Å². The number of ether oxygens (including phenoxy) is 1. The Balaban J connectivity index is 1.88. The van der Waals surface area contributed by atoms with Gasteiger partial charge in [0, 0.05) is 25.6 Å². The number of morpholine rings is 1. The highest BCUT2D eigenvalue weighted by Gasteiger charge is 2.24. The second-order valence-corrected chi connectivity index (χ2v) is 5.10. The van der Waals surface area contributed by atoms with Gasteiger partial charge in [-0.1, -0.05) is 36.4 Å². The molecule has 4 heteroatoms. The highest BCUT2D eigenvalue weighted by molar-refractivity contribution is 5.74. The Morgan fingerprint density at radius 2 is 2.30 bits per heavy atom. The maximum Gasteiger partial charge on any atom is 0.318 e. The summed E-state index contributed by atoms with van der Waals surface area (Å²) in [5.41, 5.74) is 1.24. The Bertz CT molecular complexity index is 447. The first-order chi connectivity index (χ1) is 9.69. The van der Waals surface area contributed by atoms with Crippen LogP contribution in [0, 0.1) is 0 Å². The van der Waals surface area contributed by atoms with E-state index in [2.05, 4.69) is 24.0 Å². The second-order valence-electron chi connectivity index (χ2n) is 5.10. The van der Waals surface area contributed by atoms with Crippen molar-refractivity contribution >= 4 is 6.03 Å². The van der Waals surface area contributed by atoms with Crippen molar-refractivity contribution in [1.29, 1.82) is 0 Å². The molecule has 1 aromatic carbocycles. The first kappa shape index (κ1) is 14.6. The van der Waals surface area contributed by atoms with Crippen molar-refractivity contribution in [2.45, 2.75) is 25.5 Å². The lowest BCUT2D eigenvalue weighted by Gasteiger charge is -2.33. The summed E-state index contributed by atoms with van der Waals surface area (Å²) in [5, 5.41) is 2.90. The molecule has 0 unspecified atom stereocenters. The molecule has 0 bridgehead atoms. The van der Waals surface area contributed by atoms with E-state index in [0.29, 0.717) is 19.7 Å². The molecule has 20 heavy (non-hydrogen) atoms. The van der Waals surface area contributed by atoms with Crippen LogP contribution < -0.4 is 5.32 Å². The molecule has 0 radical (unpaired) electrons. The monoisotopic (exact) mass is 274 g/mol. The number of rotatable bonds is 4. The van der Waals surface area contributed by atoms with Crippen molar-refractivity contribution in [3.8, 4) is 0 Å². The van der Waals surface area contributed by atoms with Gasteiger partial charge in [0.05, 0.1) is 12.7 Å². The molecule has 1 N–H and O–H groups in total. The molecule has 2 rings (SSSR count). The Morgan fingerprint density at radius 3 is 3.00 bits per heavy atom. The molecule has 1 aromatic rings. The quantitative estimate of drug-likeness (QED) is 0.855. The zero-order valence-corrected chi connectivity index (χ0v) is 11.9. The van der Waals surface area contributed by atoms with Crippen LogP contribution >= 0.6 is 0 Å². The Kier molecular flexibility index (Phi) is 5.18. The van der Waals surface area contributed by atoms with Crippen LogP contribution in [0.15, 0.2) is 43.0 Å². The van der Waals surface area contributed by atoms with Crippen molar-refractivity contribution in [2.75, 3.05) is 19.7 Å². The second kappa shape index (κ2) is 7.10. The van der Waals surface area contributed by atoms with Gasteiger partial charge in [0.2, 0.25) is 0 Å². The summed E-state index contributed by atoms with van der Waals surface area (Å²) in [7, 11) is 0. The van der Waals surface area contributed by atoms with Crippen molar-refractivity contribution in [2.24, 2.45) is 0 Å². The molecule has 108 valence electrons. The number of carbonyl (C=O) groups excluding carboxylic acids is 1. The van der Waals surface area contributed by atoms with Gasteiger partial charge in [0.25, 0.3) is 0 Å². The third-order valence-corrected chi connectivity index (χ3v) is 3.44. The number of urea groups is 1. The molecular formula is C16H22N2O2. The van der Waals surface area contributed by atoms with Crippen LogP contribution in [0.3, 0.4) is 0 Å². The van der Waals surface area contributed by atoms with E-state index >= 15 is 0 Å². The molecule has 2 atom stereocenters. The SMILES string of the molecule is C=C[C@H](C)NC(=O)N1CCO[C@H](Cc2ccccc2)C1. The van der Waals surface area contributed by atoms with Gasteiger partial charge >= 0.3 is 6.03 Å². The molecule has 1 aliphatic heterocycles. The van der Waals surface area contributed by atoms with Crippen LogP contribution in [-0.4, -0.2) is 42.8 Å². The first-order valence-corrected chi connectivity index (χ1v) is 7.02. The van der Waals surface area contributed by atoms with E-state index in [1.807, 2.05) is 30.0 Å². The minimum atomic E-state index is -0.0428. The Morgan fingerprint density at radius 1 is 1.55 bits per heavy atom. The van der Waals surface area contributed by atoms with Gasteiger partial charge < -0.3 is 15.0 Å². The fraction of sp³-hybridized carbons (Fsp3) is 0.438. The smallest absolute Gasteiger partial charge is 0.318 e. The largest absolute Gasteiger partial charge is 0.374 e. The lowest BCUT2D eigenvalue weighted by Crippen LogP contribution is -2.51. The predicted octanol–water partition coefficient (Wildman–Crippen LogP) is 2.21. The minimum absolute atomic E-state index is 0.0158. The topological polar surface area (TPSA) is 41.6 Å². The van der Waals surface area contributed by atoms with Gasteiger partial charge in [-0.15, -0.1) is 6.58 Å². The van der Waals surface area contributed by atoms with Crippen LogP contribution in [0.5, 0.6) is 0 Å². The zero-order chi connectivity index (χ0) is 14.4. The molecule has 0 aliphatic carbocycles. The molecule has 1 saturated heterocycles. The van der Waals surface area contributed by atoms with Crippen LogP contribution in [0.2, 0.25) is 0 Å². The highest BCUT2D eigenvalue weighted by Crippen LogP contribution is 2.12. The van der Waals surface area contributed by atoms with E-state index < -0.39 is 0 Å². The molecular weight excluding hydrogens is 252 g/mol. The number of hydrogen-bond acceptors (Lipinski definition) is 2. The number of carbonyl (C=O) groups is 1. The standard InChI is InChI=1S/C16H22N2O2/c1-3-13(2)17-16(19)18-9-10-20-15(12-18)11-14-7-5-4-6-8-14/h3-8,13,15H,1,9-12H2,2H3,(H,17,19)/t13-,15+/m0/s1. The lowest BCUT2D eigenvalue weighted by atomic mass is 10.1. The third kappa shape index (κ3) is 4.10. The number of amides is 2. The average Bonchev–Trinajstić information content (AvgIpc) is 2.48. The molecule has 0 spiro atoms. The number of nitrogens with zero attached hydrogens (tertiary/aromatic N) is 1. The van der Waals surface area contributed by atoms with E-state index in [0.717, 1.165) is 6.42 Å². The van der Waals surface area contributed by atoms with E-state index in [4.69, 9.17) is 4.74 Å². The van der Waals surface area contributed by atoms with Gasteiger partial charge in [0.15, 0.2) is 0 Å². The number of hydrogen-bond donors (Lipinski definition) is 1. The van der Waals surface area contributed by atoms with E-state index in [-0.39, 0.29) is 18.2 Å². The van der Waals surface area contributed by atoms with Gasteiger partial charge in [-0.25, -0.2) is 4.79 Å². The zero-order valence-electron chi connectivity index (χ0n) is 11.9. The van der Waals surface area contributed by atoms with Crippen LogP contribution in [0.4, 0.5) is 4.79 Å². The van der Waals surface area contributed by atoms with Gasteiger partial charge in [0.1, 0.15) is 0 Å². The summed E-state index contributed by atoms with van der Waals surface area (Å²) in [4.78, 5) is 13.9. The molecule has 0 aromatic heterocycles. The van der Waals surface area contributed by atoms with Crippen molar-refractivity contribution < 1.29 is 9.53 Å². The van der Waals surface area contributed by atoms with E-state index in [1.54, 1.807) is 6.08 Å². The summed E-state index contributed by atoms with van der Waals surface area (Å²) in [6.45, 7) is 7.44. The molecule has 2 amide bonds. The molecule has 4 nitrogen and oxygen atoms in total. The van der Waals surface area contributed by atoms with Crippen LogP contribution in [0.1, 0.15) is 12.5 Å². The van der Waals surface area contributed by atoms with Crippen molar-refractivity contribution in [3.63, 3.8) is 0 Å². The van der Waals surface area contributed by atoms with Crippen molar-refractivity contribution in [1.82, 2.24) is 10.2 Å². The minimum Gasteiger partial charge on any atom is -0.374 e. The van der Waals surface area contributed by atoms with E-state index in [1.165, 1.54) is 5.56 Å².